The van der Waals surface area contributed by atoms with Gasteiger partial charge in [0.25, 0.3) is 0 Å². The number of aryl methyl sites for hydroxylation is 1. The fourth-order valence-corrected chi connectivity index (χ4v) is 5.23. The van der Waals surface area contributed by atoms with Gasteiger partial charge in [-0.25, -0.2) is 4.98 Å². The summed E-state index contributed by atoms with van der Waals surface area (Å²) in [6, 6.07) is 10.7. The molecule has 27 heavy (non-hydrogen) atoms. The fourth-order valence-electron chi connectivity index (χ4n) is 4.52. The SMILES string of the molecule is Cc1nc(C2(c3ccccc3)CCN(C(=O)CC3CCCOC3)CC2)cs1. The minimum Gasteiger partial charge on any atom is -0.381 e. The number of amides is 1. The monoisotopic (exact) mass is 384 g/mol. The van der Waals surface area contributed by atoms with Gasteiger partial charge in [-0.05, 0) is 44.1 Å². The number of carbonyl (C=O) groups excluding carboxylic acids is 1. The maximum absolute atomic E-state index is 12.8. The predicted molar refractivity (Wildman–Crippen MR) is 108 cm³/mol. The Labute approximate surface area is 165 Å². The summed E-state index contributed by atoms with van der Waals surface area (Å²) < 4.78 is 5.54. The molecule has 2 aliphatic heterocycles. The Balaban J connectivity index is 1.49. The van der Waals surface area contributed by atoms with E-state index in [1.54, 1.807) is 11.3 Å². The molecule has 1 atom stereocenters. The Bertz CT molecular complexity index is 760. The lowest BCUT2D eigenvalue weighted by Gasteiger charge is -2.42. The number of thiazole rings is 1. The highest BCUT2D eigenvalue weighted by Gasteiger charge is 2.40. The van der Waals surface area contributed by atoms with E-state index in [1.807, 2.05) is 0 Å². The number of hydrogen-bond acceptors (Lipinski definition) is 4. The van der Waals surface area contributed by atoms with Crippen molar-refractivity contribution in [2.45, 2.75) is 44.4 Å². The molecular formula is C22H28N2O2S. The first-order valence-corrected chi connectivity index (χ1v) is 10.9. The van der Waals surface area contributed by atoms with Crippen LogP contribution in [0.2, 0.25) is 0 Å². The van der Waals surface area contributed by atoms with Crippen LogP contribution in [-0.2, 0) is 14.9 Å². The lowest BCUT2D eigenvalue weighted by atomic mass is 9.70. The fraction of sp³-hybridized carbons (Fsp3) is 0.545. The molecule has 0 bridgehead atoms. The van der Waals surface area contributed by atoms with E-state index in [0.717, 1.165) is 57.0 Å². The number of benzene rings is 1. The molecule has 3 heterocycles. The largest absolute Gasteiger partial charge is 0.381 e. The van der Waals surface area contributed by atoms with Crippen molar-refractivity contribution in [1.29, 1.82) is 0 Å². The van der Waals surface area contributed by atoms with Gasteiger partial charge in [0, 0.05) is 43.5 Å². The van der Waals surface area contributed by atoms with Crippen LogP contribution < -0.4 is 0 Å². The zero-order valence-electron chi connectivity index (χ0n) is 16.0. The van der Waals surface area contributed by atoms with Crippen molar-refractivity contribution in [3.8, 4) is 0 Å². The zero-order valence-corrected chi connectivity index (χ0v) is 16.8. The van der Waals surface area contributed by atoms with Gasteiger partial charge in [-0.1, -0.05) is 30.3 Å². The van der Waals surface area contributed by atoms with Crippen LogP contribution in [0.3, 0.4) is 0 Å². The third-order valence-electron chi connectivity index (χ3n) is 6.12. The quantitative estimate of drug-likeness (QED) is 0.794. The predicted octanol–water partition coefficient (Wildman–Crippen LogP) is 4.18. The van der Waals surface area contributed by atoms with Gasteiger partial charge in [-0.3, -0.25) is 4.79 Å². The second kappa shape index (κ2) is 8.11. The van der Waals surface area contributed by atoms with Gasteiger partial charge in [-0.2, -0.15) is 0 Å². The van der Waals surface area contributed by atoms with Crippen LogP contribution in [0.5, 0.6) is 0 Å². The van der Waals surface area contributed by atoms with Gasteiger partial charge in [0.2, 0.25) is 5.91 Å². The molecule has 5 heteroatoms. The van der Waals surface area contributed by atoms with E-state index in [1.165, 1.54) is 11.3 Å². The van der Waals surface area contributed by atoms with Crippen LogP contribution in [0.4, 0.5) is 0 Å². The summed E-state index contributed by atoms with van der Waals surface area (Å²) in [6.45, 7) is 5.26. The number of ether oxygens (including phenoxy) is 1. The van der Waals surface area contributed by atoms with Gasteiger partial charge in [0.15, 0.2) is 0 Å². The summed E-state index contributed by atoms with van der Waals surface area (Å²) in [5, 5.41) is 3.32. The second-order valence-electron chi connectivity index (χ2n) is 7.87. The first kappa shape index (κ1) is 18.6. The molecule has 2 fully saturated rings. The summed E-state index contributed by atoms with van der Waals surface area (Å²) in [7, 11) is 0. The van der Waals surface area contributed by atoms with Crippen LogP contribution in [0.15, 0.2) is 35.7 Å². The van der Waals surface area contributed by atoms with Crippen molar-refractivity contribution in [3.63, 3.8) is 0 Å². The minimum atomic E-state index is -0.0727. The highest BCUT2D eigenvalue weighted by Crippen LogP contribution is 2.42. The van der Waals surface area contributed by atoms with Crippen LogP contribution >= 0.6 is 11.3 Å². The second-order valence-corrected chi connectivity index (χ2v) is 8.93. The van der Waals surface area contributed by atoms with Gasteiger partial charge < -0.3 is 9.64 Å². The molecule has 2 saturated heterocycles. The van der Waals surface area contributed by atoms with Gasteiger partial charge in [0.05, 0.1) is 10.7 Å². The summed E-state index contributed by atoms with van der Waals surface area (Å²) in [4.78, 5) is 19.7. The molecule has 1 aromatic carbocycles. The van der Waals surface area contributed by atoms with E-state index in [0.29, 0.717) is 18.2 Å². The molecule has 0 radical (unpaired) electrons. The zero-order chi connectivity index (χ0) is 18.7. The highest BCUT2D eigenvalue weighted by molar-refractivity contribution is 7.09. The summed E-state index contributed by atoms with van der Waals surface area (Å²) >= 11 is 1.72. The number of nitrogens with zero attached hydrogens (tertiary/aromatic N) is 2. The third-order valence-corrected chi connectivity index (χ3v) is 6.90. The molecule has 1 unspecified atom stereocenters. The Morgan fingerprint density at radius 1 is 1.30 bits per heavy atom. The molecule has 0 N–H and O–H groups in total. The van der Waals surface area contributed by atoms with E-state index >= 15 is 0 Å². The van der Waals surface area contributed by atoms with Crippen molar-refractivity contribution >= 4 is 17.2 Å². The Hall–Kier alpha value is -1.72. The molecule has 4 nitrogen and oxygen atoms in total. The van der Waals surface area contributed by atoms with Gasteiger partial charge in [-0.15, -0.1) is 11.3 Å². The number of rotatable bonds is 4. The molecule has 1 aromatic heterocycles. The van der Waals surface area contributed by atoms with E-state index in [9.17, 15) is 4.79 Å². The summed E-state index contributed by atoms with van der Waals surface area (Å²) in [5.74, 6) is 0.690. The molecule has 0 aliphatic carbocycles. The highest BCUT2D eigenvalue weighted by atomic mass is 32.1. The van der Waals surface area contributed by atoms with Crippen molar-refractivity contribution in [2.75, 3.05) is 26.3 Å². The maximum Gasteiger partial charge on any atom is 0.222 e. The Morgan fingerprint density at radius 3 is 2.70 bits per heavy atom. The topological polar surface area (TPSA) is 42.4 Å². The number of piperidine rings is 1. The average molecular weight is 385 g/mol. The first-order chi connectivity index (χ1) is 13.2. The molecule has 0 spiro atoms. The smallest absolute Gasteiger partial charge is 0.222 e. The number of hydrogen-bond donors (Lipinski definition) is 0. The van der Waals surface area contributed by atoms with Crippen LogP contribution in [0.1, 0.15) is 48.4 Å². The van der Waals surface area contributed by atoms with Crippen LogP contribution in [-0.4, -0.2) is 42.1 Å². The van der Waals surface area contributed by atoms with Gasteiger partial charge >= 0.3 is 0 Å². The molecule has 4 rings (SSSR count). The van der Waals surface area contributed by atoms with Crippen LogP contribution in [0, 0.1) is 12.8 Å². The Morgan fingerprint density at radius 2 is 2.07 bits per heavy atom. The van der Waals surface area contributed by atoms with Crippen molar-refractivity contribution in [3.05, 3.63) is 52.0 Å². The normalized spacial score (nSPS) is 22.6. The lowest BCUT2D eigenvalue weighted by Crippen LogP contribution is -2.46. The molecule has 0 saturated carbocycles. The molecule has 144 valence electrons. The first-order valence-electron chi connectivity index (χ1n) is 10.0. The average Bonchev–Trinajstić information content (AvgIpc) is 3.16. The minimum absolute atomic E-state index is 0.0727. The van der Waals surface area contributed by atoms with Crippen molar-refractivity contribution in [2.24, 2.45) is 5.92 Å². The van der Waals surface area contributed by atoms with Gasteiger partial charge in [0.1, 0.15) is 0 Å². The number of carbonyl (C=O) groups is 1. The van der Waals surface area contributed by atoms with E-state index < -0.39 is 0 Å². The van der Waals surface area contributed by atoms with Crippen molar-refractivity contribution in [1.82, 2.24) is 9.88 Å². The number of aromatic nitrogens is 1. The van der Waals surface area contributed by atoms with E-state index in [2.05, 4.69) is 47.5 Å². The Kier molecular flexibility index (Phi) is 5.60. The van der Waals surface area contributed by atoms with E-state index in [-0.39, 0.29) is 5.41 Å². The number of likely N-dealkylation sites (tertiary alicyclic amines) is 1. The van der Waals surface area contributed by atoms with E-state index in [4.69, 9.17) is 9.72 Å². The van der Waals surface area contributed by atoms with Crippen molar-refractivity contribution < 1.29 is 9.53 Å². The molecular weight excluding hydrogens is 356 g/mol. The third kappa shape index (κ3) is 3.94. The van der Waals surface area contributed by atoms with Crippen LogP contribution in [0.25, 0.3) is 0 Å². The molecule has 2 aromatic rings. The maximum atomic E-state index is 12.8. The standard InChI is InChI=1S/C22H28N2O2S/c1-17-23-20(16-27-17)22(19-7-3-2-4-8-19)9-11-24(12-10-22)21(25)14-18-6-5-13-26-15-18/h2-4,7-8,16,18H,5-6,9-15H2,1H3. The lowest BCUT2D eigenvalue weighted by molar-refractivity contribution is -0.134. The molecule has 2 aliphatic rings. The summed E-state index contributed by atoms with van der Waals surface area (Å²) in [6.07, 6.45) is 4.71. The summed E-state index contributed by atoms with van der Waals surface area (Å²) in [5.41, 5.74) is 2.42. The molecule has 1 amide bonds.